The molecule has 0 aromatic heterocycles. The van der Waals surface area contributed by atoms with Crippen LogP contribution in [0.15, 0.2) is 12.1 Å². The Hall–Kier alpha value is -1.26. The van der Waals surface area contributed by atoms with Gasteiger partial charge < -0.3 is 14.6 Å². The molecule has 1 aromatic carbocycles. The van der Waals surface area contributed by atoms with Crippen molar-refractivity contribution in [3.05, 3.63) is 28.3 Å². The average Bonchev–Trinajstić information content (AvgIpc) is 2.29. The summed E-state index contributed by atoms with van der Waals surface area (Å²) >= 11 is 6.06. The monoisotopic (exact) mass is 258 g/mol. The summed E-state index contributed by atoms with van der Waals surface area (Å²) in [5.41, 5.74) is 1.03. The van der Waals surface area contributed by atoms with Gasteiger partial charge in [0, 0.05) is 5.56 Å². The number of carbonyl (C=O) groups excluding carboxylic acids is 1. The van der Waals surface area contributed by atoms with Crippen molar-refractivity contribution in [3.8, 4) is 5.75 Å². The largest absolute Gasteiger partial charge is 0.495 e. The number of methoxy groups -OCH3 is 1. The van der Waals surface area contributed by atoms with E-state index < -0.39 is 12.1 Å². The highest BCUT2D eigenvalue weighted by atomic mass is 35.5. The molecule has 0 heterocycles. The van der Waals surface area contributed by atoms with Crippen LogP contribution < -0.4 is 4.74 Å². The van der Waals surface area contributed by atoms with Gasteiger partial charge in [-0.05, 0) is 25.5 Å². The Morgan fingerprint density at radius 2 is 2.18 bits per heavy atom. The lowest BCUT2D eigenvalue weighted by molar-refractivity contribution is -0.153. The van der Waals surface area contributed by atoms with Crippen molar-refractivity contribution < 1.29 is 19.4 Å². The molecular formula is C12H15ClO4. The molecular weight excluding hydrogens is 244 g/mol. The van der Waals surface area contributed by atoms with Crippen LogP contribution in [0.4, 0.5) is 0 Å². The standard InChI is InChI=1S/C12H15ClO4/c1-4-17-12(15)11(14)9-7(2)5-6-8(16-3)10(9)13/h5-6,11,14H,4H2,1-3H3. The lowest BCUT2D eigenvalue weighted by atomic mass is 10.0. The number of benzene rings is 1. The molecule has 5 heteroatoms. The van der Waals surface area contributed by atoms with Crippen LogP contribution >= 0.6 is 11.6 Å². The smallest absolute Gasteiger partial charge is 0.339 e. The molecule has 1 aromatic rings. The Balaban J connectivity index is 3.16. The Kier molecular flexibility index (Phi) is 4.78. The second kappa shape index (κ2) is 5.89. The van der Waals surface area contributed by atoms with E-state index in [1.54, 1.807) is 26.0 Å². The van der Waals surface area contributed by atoms with Gasteiger partial charge in [-0.2, -0.15) is 0 Å². The van der Waals surface area contributed by atoms with Crippen LogP contribution in [-0.2, 0) is 9.53 Å². The molecule has 0 aliphatic rings. The minimum absolute atomic E-state index is 0.205. The molecule has 0 amide bonds. The SMILES string of the molecule is CCOC(=O)C(O)c1c(C)ccc(OC)c1Cl. The fraction of sp³-hybridized carbons (Fsp3) is 0.417. The van der Waals surface area contributed by atoms with E-state index in [2.05, 4.69) is 0 Å². The molecule has 94 valence electrons. The summed E-state index contributed by atoms with van der Waals surface area (Å²) < 4.78 is 9.79. The summed E-state index contributed by atoms with van der Waals surface area (Å²) in [5, 5.41) is 10.1. The van der Waals surface area contributed by atoms with E-state index in [4.69, 9.17) is 21.1 Å². The molecule has 0 radical (unpaired) electrons. The lowest BCUT2D eigenvalue weighted by Gasteiger charge is -2.16. The Labute approximate surface area is 105 Å². The van der Waals surface area contributed by atoms with E-state index in [0.29, 0.717) is 16.9 Å². The number of hydrogen-bond acceptors (Lipinski definition) is 4. The van der Waals surface area contributed by atoms with Crippen LogP contribution in [0.25, 0.3) is 0 Å². The molecule has 0 fully saturated rings. The average molecular weight is 259 g/mol. The Morgan fingerprint density at radius 1 is 1.53 bits per heavy atom. The molecule has 1 unspecified atom stereocenters. The third kappa shape index (κ3) is 2.90. The van der Waals surface area contributed by atoms with Gasteiger partial charge in [0.05, 0.1) is 18.7 Å². The predicted octanol–water partition coefficient (Wildman–Crippen LogP) is 2.25. The number of hydrogen-bond donors (Lipinski definition) is 1. The normalized spacial score (nSPS) is 12.1. The molecule has 0 spiro atoms. The van der Waals surface area contributed by atoms with Gasteiger partial charge in [0.2, 0.25) is 0 Å². The minimum Gasteiger partial charge on any atom is -0.495 e. The van der Waals surface area contributed by atoms with Crippen LogP contribution in [0.3, 0.4) is 0 Å². The lowest BCUT2D eigenvalue weighted by Crippen LogP contribution is -2.17. The number of halogens is 1. The summed E-state index contributed by atoms with van der Waals surface area (Å²) in [6.45, 7) is 3.63. The molecule has 0 aliphatic carbocycles. The van der Waals surface area contributed by atoms with E-state index >= 15 is 0 Å². The number of carbonyl (C=O) groups is 1. The van der Waals surface area contributed by atoms with E-state index in [1.165, 1.54) is 7.11 Å². The zero-order valence-electron chi connectivity index (χ0n) is 9.99. The van der Waals surface area contributed by atoms with E-state index in [0.717, 1.165) is 0 Å². The van der Waals surface area contributed by atoms with Crippen LogP contribution in [0.1, 0.15) is 24.2 Å². The summed E-state index contributed by atoms with van der Waals surface area (Å²) in [4.78, 5) is 11.5. The maximum absolute atomic E-state index is 11.5. The van der Waals surface area contributed by atoms with Gasteiger partial charge in [-0.15, -0.1) is 0 Å². The van der Waals surface area contributed by atoms with Crippen LogP contribution in [-0.4, -0.2) is 24.8 Å². The second-order valence-corrected chi connectivity index (χ2v) is 3.84. The zero-order valence-corrected chi connectivity index (χ0v) is 10.7. The molecule has 0 saturated carbocycles. The molecule has 0 aliphatic heterocycles. The summed E-state index contributed by atoms with van der Waals surface area (Å²) in [6, 6.07) is 3.40. The first-order valence-corrected chi connectivity index (χ1v) is 5.58. The third-order valence-corrected chi connectivity index (χ3v) is 2.76. The van der Waals surface area contributed by atoms with E-state index in [-0.39, 0.29) is 11.6 Å². The molecule has 0 saturated heterocycles. The van der Waals surface area contributed by atoms with Crippen LogP contribution in [0, 0.1) is 6.92 Å². The van der Waals surface area contributed by atoms with Gasteiger partial charge in [0.1, 0.15) is 5.75 Å². The van der Waals surface area contributed by atoms with Gasteiger partial charge in [-0.25, -0.2) is 4.79 Å². The van der Waals surface area contributed by atoms with Gasteiger partial charge in [0.25, 0.3) is 0 Å². The summed E-state index contributed by atoms with van der Waals surface area (Å²) in [5.74, 6) is -0.304. The first kappa shape index (κ1) is 13.8. The van der Waals surface area contributed by atoms with E-state index in [9.17, 15) is 9.90 Å². The molecule has 17 heavy (non-hydrogen) atoms. The highest BCUT2D eigenvalue weighted by Crippen LogP contribution is 2.34. The highest BCUT2D eigenvalue weighted by Gasteiger charge is 2.25. The van der Waals surface area contributed by atoms with E-state index in [1.807, 2.05) is 0 Å². The molecule has 1 atom stereocenters. The maximum atomic E-state index is 11.5. The Bertz CT molecular complexity index is 417. The number of aryl methyl sites for hydroxylation is 1. The van der Waals surface area contributed by atoms with Crippen LogP contribution in [0.2, 0.25) is 5.02 Å². The van der Waals surface area contributed by atoms with Gasteiger partial charge >= 0.3 is 5.97 Å². The first-order valence-electron chi connectivity index (χ1n) is 5.20. The van der Waals surface area contributed by atoms with Crippen LogP contribution in [0.5, 0.6) is 5.75 Å². The molecule has 1 rings (SSSR count). The first-order chi connectivity index (χ1) is 8.02. The number of aliphatic hydroxyl groups is 1. The quantitative estimate of drug-likeness (QED) is 0.842. The second-order valence-electron chi connectivity index (χ2n) is 3.47. The van der Waals surface area contributed by atoms with Crippen molar-refractivity contribution in [1.29, 1.82) is 0 Å². The fourth-order valence-corrected chi connectivity index (χ4v) is 1.89. The number of esters is 1. The topological polar surface area (TPSA) is 55.8 Å². The highest BCUT2D eigenvalue weighted by molar-refractivity contribution is 6.33. The van der Waals surface area contributed by atoms with Crippen molar-refractivity contribution in [1.82, 2.24) is 0 Å². The zero-order chi connectivity index (χ0) is 13.0. The number of rotatable bonds is 4. The molecule has 4 nitrogen and oxygen atoms in total. The third-order valence-electron chi connectivity index (χ3n) is 2.37. The van der Waals surface area contributed by atoms with Crippen molar-refractivity contribution in [2.24, 2.45) is 0 Å². The number of ether oxygens (including phenoxy) is 2. The Morgan fingerprint density at radius 3 is 2.71 bits per heavy atom. The maximum Gasteiger partial charge on any atom is 0.339 e. The fourth-order valence-electron chi connectivity index (χ4n) is 1.50. The number of aliphatic hydroxyl groups excluding tert-OH is 1. The minimum atomic E-state index is -1.39. The summed E-state index contributed by atoms with van der Waals surface area (Å²) in [7, 11) is 1.47. The summed E-state index contributed by atoms with van der Waals surface area (Å²) in [6.07, 6.45) is -1.39. The molecule has 0 bridgehead atoms. The van der Waals surface area contributed by atoms with Crippen molar-refractivity contribution >= 4 is 17.6 Å². The van der Waals surface area contributed by atoms with Crippen molar-refractivity contribution in [2.45, 2.75) is 20.0 Å². The predicted molar refractivity (Wildman–Crippen MR) is 64.3 cm³/mol. The molecule has 1 N–H and O–H groups in total. The van der Waals surface area contributed by atoms with Gasteiger partial charge in [0.15, 0.2) is 6.10 Å². The van der Waals surface area contributed by atoms with Gasteiger partial charge in [-0.1, -0.05) is 17.7 Å². The van der Waals surface area contributed by atoms with Crippen molar-refractivity contribution in [2.75, 3.05) is 13.7 Å². The van der Waals surface area contributed by atoms with Crippen molar-refractivity contribution in [3.63, 3.8) is 0 Å². The van der Waals surface area contributed by atoms with Gasteiger partial charge in [-0.3, -0.25) is 0 Å².